The number of esters is 1. The van der Waals surface area contributed by atoms with E-state index in [0.29, 0.717) is 17.7 Å². The molecule has 42 heavy (non-hydrogen) atoms. The second-order valence-corrected chi connectivity index (χ2v) is 10.8. The van der Waals surface area contributed by atoms with Crippen molar-refractivity contribution in [1.82, 2.24) is 35.7 Å². The van der Waals surface area contributed by atoms with Crippen molar-refractivity contribution in [3.05, 3.63) is 65.7 Å². The van der Waals surface area contributed by atoms with Crippen molar-refractivity contribution >= 4 is 23.8 Å². The van der Waals surface area contributed by atoms with Crippen molar-refractivity contribution in [2.45, 2.75) is 52.0 Å². The van der Waals surface area contributed by atoms with Crippen molar-refractivity contribution < 1.29 is 28.7 Å². The number of aromatic nitrogens is 4. The van der Waals surface area contributed by atoms with E-state index in [0.717, 1.165) is 16.9 Å². The molecule has 1 atom stereocenters. The molecule has 0 aliphatic rings. The molecule has 0 spiro atoms. The first kappa shape index (κ1) is 31.9. The van der Waals surface area contributed by atoms with Crippen LogP contribution in [0, 0.1) is 0 Å². The van der Waals surface area contributed by atoms with Crippen LogP contribution < -0.4 is 10.6 Å². The fourth-order valence-corrected chi connectivity index (χ4v) is 3.64. The van der Waals surface area contributed by atoms with Gasteiger partial charge in [-0.25, -0.2) is 4.79 Å². The average Bonchev–Trinajstić information content (AvgIpc) is 3.39. The third-order valence-corrected chi connectivity index (χ3v) is 5.68. The first-order chi connectivity index (χ1) is 19.9. The van der Waals surface area contributed by atoms with Crippen LogP contribution in [0.4, 0.5) is 4.79 Å². The Balaban J connectivity index is 1.64. The number of alkyl carbamates (subject to hydrolysis) is 1. The van der Waals surface area contributed by atoms with Gasteiger partial charge in [0.25, 0.3) is 5.91 Å². The van der Waals surface area contributed by atoms with Crippen LogP contribution >= 0.6 is 0 Å². The molecule has 13 nitrogen and oxygen atoms in total. The Morgan fingerprint density at radius 2 is 1.69 bits per heavy atom. The summed E-state index contributed by atoms with van der Waals surface area (Å²) in [6, 6.07) is 14.4. The minimum absolute atomic E-state index is 0.00938. The number of ketones is 1. The number of tetrazole rings is 1. The van der Waals surface area contributed by atoms with Gasteiger partial charge in [0, 0.05) is 24.2 Å². The zero-order valence-corrected chi connectivity index (χ0v) is 24.5. The van der Waals surface area contributed by atoms with E-state index in [4.69, 9.17) is 9.47 Å². The van der Waals surface area contributed by atoms with Gasteiger partial charge < -0.3 is 25.0 Å². The van der Waals surface area contributed by atoms with Crippen molar-refractivity contribution in [2.24, 2.45) is 0 Å². The quantitative estimate of drug-likeness (QED) is 0.288. The summed E-state index contributed by atoms with van der Waals surface area (Å²) >= 11 is 0. The number of nitrogens with one attached hydrogen (secondary N) is 2. The number of Topliss-reactive ketones (excluding diaryl/α,β-unsaturated/α-hetero) is 1. The summed E-state index contributed by atoms with van der Waals surface area (Å²) in [5.74, 6) is -1.17. The minimum atomic E-state index is -1.25. The van der Waals surface area contributed by atoms with Gasteiger partial charge in [0.15, 0.2) is 5.78 Å². The van der Waals surface area contributed by atoms with Crippen molar-refractivity contribution in [2.75, 3.05) is 27.2 Å². The predicted octanol–water partition coefficient (Wildman–Crippen LogP) is 2.23. The van der Waals surface area contributed by atoms with Gasteiger partial charge in [0.2, 0.25) is 5.82 Å². The Morgan fingerprint density at radius 1 is 1.00 bits per heavy atom. The number of benzene rings is 2. The lowest BCUT2D eigenvalue weighted by Crippen LogP contribution is -2.45. The number of ether oxygens (including phenoxy) is 2. The second-order valence-electron chi connectivity index (χ2n) is 10.8. The molecule has 2 amide bonds. The van der Waals surface area contributed by atoms with E-state index in [2.05, 4.69) is 26.0 Å². The van der Waals surface area contributed by atoms with Gasteiger partial charge in [-0.05, 0) is 57.8 Å². The molecular formula is C29H37N7O6. The van der Waals surface area contributed by atoms with Gasteiger partial charge in [-0.3, -0.25) is 14.4 Å². The largest absolute Gasteiger partial charge is 0.460 e. The highest BCUT2D eigenvalue weighted by atomic mass is 16.6. The first-order valence-corrected chi connectivity index (χ1v) is 13.4. The van der Waals surface area contributed by atoms with Crippen LogP contribution in [0.25, 0.3) is 11.4 Å². The van der Waals surface area contributed by atoms with E-state index in [1.165, 1.54) is 0 Å². The standard InChI is InChI=1S/C29H37N7O6/c1-29(2,3)42-25(38)17-23(31-28(40)41-19-20-9-7-6-8-10-20)24(37)18-36-33-26(32-34-36)21-11-13-22(14-12-21)27(39)30-15-16-35(4)5/h6-14,23H,15-19H2,1-5H3,(H,30,39)(H,31,40). The summed E-state index contributed by atoms with van der Waals surface area (Å²) in [5.41, 5.74) is 1.06. The number of carbonyl (C=O) groups excluding carboxylic acids is 4. The third-order valence-electron chi connectivity index (χ3n) is 5.68. The molecule has 0 bridgehead atoms. The number of carbonyl (C=O) groups is 4. The lowest BCUT2D eigenvalue weighted by molar-refractivity contribution is -0.156. The fraction of sp³-hybridized carbons (Fsp3) is 0.414. The van der Waals surface area contributed by atoms with Gasteiger partial charge in [-0.1, -0.05) is 42.5 Å². The summed E-state index contributed by atoms with van der Waals surface area (Å²) < 4.78 is 10.6. The maximum absolute atomic E-state index is 13.2. The molecule has 2 N–H and O–H groups in total. The maximum atomic E-state index is 13.2. The Labute approximate surface area is 244 Å². The highest BCUT2D eigenvalue weighted by Crippen LogP contribution is 2.15. The monoisotopic (exact) mass is 579 g/mol. The van der Waals surface area contributed by atoms with E-state index in [-0.39, 0.29) is 24.9 Å². The summed E-state index contributed by atoms with van der Waals surface area (Å²) in [6.45, 7) is 5.97. The topological polar surface area (TPSA) is 158 Å². The molecule has 0 saturated heterocycles. The predicted molar refractivity (Wildman–Crippen MR) is 153 cm³/mol. The molecule has 0 saturated carbocycles. The minimum Gasteiger partial charge on any atom is -0.460 e. The van der Waals surface area contributed by atoms with Gasteiger partial charge in [-0.15, -0.1) is 10.2 Å². The molecule has 0 aliphatic heterocycles. The summed E-state index contributed by atoms with van der Waals surface area (Å²) in [6.07, 6.45) is -1.27. The summed E-state index contributed by atoms with van der Waals surface area (Å²) in [4.78, 5) is 53.5. The molecular weight excluding hydrogens is 542 g/mol. The maximum Gasteiger partial charge on any atom is 0.408 e. The van der Waals surface area contributed by atoms with Gasteiger partial charge in [0.05, 0.1) is 6.42 Å². The Hall–Kier alpha value is -4.65. The van der Waals surface area contributed by atoms with Gasteiger partial charge >= 0.3 is 12.1 Å². The number of nitrogens with zero attached hydrogens (tertiary/aromatic N) is 5. The van der Waals surface area contributed by atoms with E-state index >= 15 is 0 Å². The molecule has 2 aromatic carbocycles. The van der Waals surface area contributed by atoms with Crippen molar-refractivity contribution in [3.63, 3.8) is 0 Å². The first-order valence-electron chi connectivity index (χ1n) is 13.4. The lowest BCUT2D eigenvalue weighted by Gasteiger charge is -2.22. The van der Waals surface area contributed by atoms with E-state index < -0.39 is 35.9 Å². The van der Waals surface area contributed by atoms with E-state index in [1.54, 1.807) is 57.2 Å². The Bertz CT molecular complexity index is 1350. The number of likely N-dealkylation sites (N-methyl/N-ethyl adjacent to an activating group) is 1. The zero-order chi connectivity index (χ0) is 30.7. The van der Waals surface area contributed by atoms with Crippen LogP contribution in [0.3, 0.4) is 0 Å². The van der Waals surface area contributed by atoms with Gasteiger partial charge in [0.1, 0.15) is 24.8 Å². The highest BCUT2D eigenvalue weighted by Gasteiger charge is 2.28. The smallest absolute Gasteiger partial charge is 0.408 e. The second kappa shape index (κ2) is 14.8. The molecule has 1 heterocycles. The lowest BCUT2D eigenvalue weighted by atomic mass is 10.1. The molecule has 1 unspecified atom stereocenters. The molecule has 0 radical (unpaired) electrons. The summed E-state index contributed by atoms with van der Waals surface area (Å²) in [5, 5.41) is 17.5. The van der Waals surface area contributed by atoms with Crippen molar-refractivity contribution in [3.8, 4) is 11.4 Å². The number of hydrogen-bond donors (Lipinski definition) is 2. The molecule has 0 aliphatic carbocycles. The van der Waals surface area contributed by atoms with E-state index in [9.17, 15) is 19.2 Å². The number of amides is 2. The van der Waals surface area contributed by atoms with Crippen LogP contribution in [0.15, 0.2) is 54.6 Å². The molecule has 13 heteroatoms. The fourth-order valence-electron chi connectivity index (χ4n) is 3.64. The molecule has 3 rings (SSSR count). The van der Waals surface area contributed by atoms with Crippen LogP contribution in [0.1, 0.15) is 43.1 Å². The Morgan fingerprint density at radius 3 is 2.33 bits per heavy atom. The number of rotatable bonds is 13. The van der Waals surface area contributed by atoms with E-state index in [1.807, 2.05) is 37.2 Å². The van der Waals surface area contributed by atoms with Gasteiger partial charge in [-0.2, -0.15) is 4.80 Å². The molecule has 3 aromatic rings. The normalized spacial score (nSPS) is 12.0. The Kier molecular flexibility index (Phi) is 11.3. The van der Waals surface area contributed by atoms with Crippen molar-refractivity contribution in [1.29, 1.82) is 0 Å². The molecule has 224 valence electrons. The number of hydrogen-bond acceptors (Lipinski definition) is 10. The SMILES string of the molecule is CN(C)CCNC(=O)c1ccc(-c2nnn(CC(=O)C(CC(=O)OC(C)(C)C)NC(=O)OCc3ccccc3)n2)cc1. The molecule has 0 fully saturated rings. The van der Waals surface area contributed by atoms with Crippen LogP contribution in [0.2, 0.25) is 0 Å². The van der Waals surface area contributed by atoms with Crippen LogP contribution in [-0.4, -0.2) is 87.7 Å². The van der Waals surface area contributed by atoms with Crippen LogP contribution in [0.5, 0.6) is 0 Å². The average molecular weight is 580 g/mol. The zero-order valence-electron chi connectivity index (χ0n) is 24.5. The highest BCUT2D eigenvalue weighted by molar-refractivity contribution is 5.94. The molecule has 1 aromatic heterocycles. The third kappa shape index (κ3) is 10.7. The van der Waals surface area contributed by atoms with Crippen LogP contribution in [-0.2, 0) is 32.2 Å². The summed E-state index contributed by atoms with van der Waals surface area (Å²) in [7, 11) is 3.85.